The fraction of sp³-hybridized carbons (Fsp3) is 0. The first kappa shape index (κ1) is 16.2. The molecular formula is C16H11ClIN3OS. The van der Waals surface area contributed by atoms with Crippen molar-refractivity contribution in [2.75, 3.05) is 5.32 Å². The SMILES string of the molecule is O=C(Nc1cccc(-n2cc[nH]c2=S)c1)c1ccc(Cl)cc1I. The van der Waals surface area contributed by atoms with Gasteiger partial charge in [-0.1, -0.05) is 17.7 Å². The van der Waals surface area contributed by atoms with Crippen LogP contribution in [0.2, 0.25) is 5.02 Å². The van der Waals surface area contributed by atoms with Crippen LogP contribution < -0.4 is 5.32 Å². The van der Waals surface area contributed by atoms with Gasteiger partial charge in [0.1, 0.15) is 0 Å². The summed E-state index contributed by atoms with van der Waals surface area (Å²) in [4.78, 5) is 15.4. The highest BCUT2D eigenvalue weighted by Crippen LogP contribution is 2.20. The van der Waals surface area contributed by atoms with Gasteiger partial charge < -0.3 is 10.3 Å². The van der Waals surface area contributed by atoms with E-state index in [1.54, 1.807) is 24.4 Å². The van der Waals surface area contributed by atoms with E-state index in [1.807, 2.05) is 35.0 Å². The Morgan fingerprint density at radius 3 is 2.78 bits per heavy atom. The van der Waals surface area contributed by atoms with E-state index in [-0.39, 0.29) is 5.91 Å². The molecule has 1 amide bonds. The summed E-state index contributed by atoms with van der Waals surface area (Å²) in [5.74, 6) is -0.180. The van der Waals surface area contributed by atoms with Gasteiger partial charge >= 0.3 is 0 Å². The van der Waals surface area contributed by atoms with Crippen LogP contribution in [0.3, 0.4) is 0 Å². The molecule has 0 saturated heterocycles. The van der Waals surface area contributed by atoms with Crippen LogP contribution in [0.4, 0.5) is 5.69 Å². The van der Waals surface area contributed by atoms with E-state index in [0.717, 1.165) is 9.26 Å². The quantitative estimate of drug-likeness (QED) is 0.429. The lowest BCUT2D eigenvalue weighted by Gasteiger charge is -2.09. The zero-order chi connectivity index (χ0) is 16.4. The first-order valence-corrected chi connectivity index (χ1v) is 8.54. The number of amides is 1. The van der Waals surface area contributed by atoms with Crippen molar-refractivity contribution < 1.29 is 4.79 Å². The Bertz CT molecular complexity index is 935. The lowest BCUT2D eigenvalue weighted by atomic mass is 10.2. The molecule has 1 heterocycles. The number of aromatic nitrogens is 2. The first-order chi connectivity index (χ1) is 11.0. The molecule has 1 aromatic heterocycles. The molecule has 0 unspecified atom stereocenters. The van der Waals surface area contributed by atoms with Gasteiger partial charge in [-0.15, -0.1) is 0 Å². The van der Waals surface area contributed by atoms with E-state index in [2.05, 4.69) is 32.9 Å². The Balaban J connectivity index is 1.87. The second-order valence-electron chi connectivity index (χ2n) is 4.76. The van der Waals surface area contributed by atoms with Crippen LogP contribution in [0.25, 0.3) is 5.69 Å². The summed E-state index contributed by atoms with van der Waals surface area (Å²) in [5.41, 5.74) is 2.15. The van der Waals surface area contributed by atoms with Gasteiger partial charge in [0.25, 0.3) is 5.91 Å². The van der Waals surface area contributed by atoms with Crippen LogP contribution in [0.5, 0.6) is 0 Å². The number of hydrogen-bond donors (Lipinski definition) is 2. The molecule has 0 atom stereocenters. The summed E-state index contributed by atoms with van der Waals surface area (Å²) < 4.78 is 3.23. The largest absolute Gasteiger partial charge is 0.337 e. The minimum Gasteiger partial charge on any atom is -0.337 e. The number of benzene rings is 2. The molecule has 0 aliphatic heterocycles. The van der Waals surface area contributed by atoms with Gasteiger partial charge in [0.05, 0.1) is 5.56 Å². The molecule has 4 nitrogen and oxygen atoms in total. The molecule has 3 rings (SSSR count). The highest BCUT2D eigenvalue weighted by atomic mass is 127. The third-order valence-electron chi connectivity index (χ3n) is 3.21. The van der Waals surface area contributed by atoms with Gasteiger partial charge in [-0.25, -0.2) is 0 Å². The molecule has 3 aromatic rings. The van der Waals surface area contributed by atoms with E-state index in [4.69, 9.17) is 23.8 Å². The average Bonchev–Trinajstić information content (AvgIpc) is 2.93. The second kappa shape index (κ2) is 6.86. The van der Waals surface area contributed by atoms with Crippen molar-refractivity contribution in [1.82, 2.24) is 9.55 Å². The number of anilines is 1. The summed E-state index contributed by atoms with van der Waals surface area (Å²) in [6.07, 6.45) is 3.61. The van der Waals surface area contributed by atoms with Crippen LogP contribution in [-0.4, -0.2) is 15.5 Å². The van der Waals surface area contributed by atoms with Gasteiger partial charge in [-0.2, -0.15) is 0 Å². The second-order valence-corrected chi connectivity index (χ2v) is 6.75. The third-order valence-corrected chi connectivity index (χ3v) is 4.65. The predicted octanol–water partition coefficient (Wildman–Crippen LogP) is 5.05. The molecule has 7 heteroatoms. The van der Waals surface area contributed by atoms with Crippen molar-refractivity contribution in [3.8, 4) is 5.69 Å². The highest BCUT2D eigenvalue weighted by Gasteiger charge is 2.11. The number of nitrogens with one attached hydrogen (secondary N) is 2. The number of rotatable bonds is 3. The molecule has 0 aliphatic carbocycles. The van der Waals surface area contributed by atoms with Crippen molar-refractivity contribution in [2.24, 2.45) is 0 Å². The van der Waals surface area contributed by atoms with E-state index >= 15 is 0 Å². The Labute approximate surface area is 156 Å². The number of halogens is 2. The first-order valence-electron chi connectivity index (χ1n) is 6.67. The number of carbonyl (C=O) groups is 1. The number of H-pyrrole nitrogens is 1. The monoisotopic (exact) mass is 455 g/mol. The van der Waals surface area contributed by atoms with Crippen LogP contribution >= 0.6 is 46.4 Å². The Morgan fingerprint density at radius 2 is 2.09 bits per heavy atom. The van der Waals surface area contributed by atoms with E-state index in [9.17, 15) is 4.79 Å². The van der Waals surface area contributed by atoms with Crippen LogP contribution in [0, 0.1) is 8.34 Å². The molecule has 0 aliphatic rings. The Kier molecular flexibility index (Phi) is 4.84. The van der Waals surface area contributed by atoms with Gasteiger partial charge in [-0.05, 0) is 71.2 Å². The fourth-order valence-electron chi connectivity index (χ4n) is 2.13. The molecule has 2 aromatic carbocycles. The zero-order valence-electron chi connectivity index (χ0n) is 11.7. The standard InChI is InChI=1S/C16H11ClIN3OS/c17-10-4-5-13(14(18)8-10)15(22)20-11-2-1-3-12(9-11)21-7-6-19-16(21)23/h1-9H,(H,19,23)(H,20,22). The van der Waals surface area contributed by atoms with Crippen LogP contribution in [-0.2, 0) is 0 Å². The van der Waals surface area contributed by atoms with Crippen molar-refractivity contribution in [2.45, 2.75) is 0 Å². The normalized spacial score (nSPS) is 10.5. The summed E-state index contributed by atoms with van der Waals surface area (Å²) >= 11 is 13.2. The molecule has 0 spiro atoms. The maximum absolute atomic E-state index is 12.4. The average molecular weight is 456 g/mol. The molecule has 0 bridgehead atoms. The van der Waals surface area contributed by atoms with Gasteiger partial charge in [0, 0.05) is 32.4 Å². The number of imidazole rings is 1. The fourth-order valence-corrected chi connectivity index (χ4v) is 3.48. The lowest BCUT2D eigenvalue weighted by Crippen LogP contribution is -2.13. The summed E-state index contributed by atoms with van der Waals surface area (Å²) in [6.45, 7) is 0. The molecule has 23 heavy (non-hydrogen) atoms. The number of hydrogen-bond acceptors (Lipinski definition) is 2. The molecule has 0 radical (unpaired) electrons. The molecule has 116 valence electrons. The summed E-state index contributed by atoms with van der Waals surface area (Å²) in [5, 5.41) is 3.50. The van der Waals surface area contributed by atoms with Gasteiger partial charge in [0.15, 0.2) is 4.77 Å². The minimum absolute atomic E-state index is 0.180. The molecular weight excluding hydrogens is 445 g/mol. The molecule has 0 saturated carbocycles. The van der Waals surface area contributed by atoms with Crippen molar-refractivity contribution in [3.05, 3.63) is 73.8 Å². The Hall–Kier alpha value is -1.64. The topological polar surface area (TPSA) is 49.8 Å². The highest BCUT2D eigenvalue weighted by molar-refractivity contribution is 14.1. The van der Waals surface area contributed by atoms with E-state index < -0.39 is 0 Å². The van der Waals surface area contributed by atoms with Crippen LogP contribution in [0.15, 0.2) is 54.9 Å². The third kappa shape index (κ3) is 3.65. The zero-order valence-corrected chi connectivity index (χ0v) is 15.4. The predicted molar refractivity (Wildman–Crippen MR) is 103 cm³/mol. The Morgan fingerprint density at radius 1 is 1.26 bits per heavy atom. The van der Waals surface area contributed by atoms with E-state index in [1.165, 1.54) is 0 Å². The van der Waals surface area contributed by atoms with E-state index in [0.29, 0.717) is 21.0 Å². The minimum atomic E-state index is -0.180. The molecule has 0 fully saturated rings. The maximum Gasteiger partial charge on any atom is 0.256 e. The van der Waals surface area contributed by atoms with Crippen molar-refractivity contribution in [1.29, 1.82) is 0 Å². The van der Waals surface area contributed by atoms with Crippen LogP contribution in [0.1, 0.15) is 10.4 Å². The van der Waals surface area contributed by atoms with Gasteiger partial charge in [-0.3, -0.25) is 9.36 Å². The number of aromatic amines is 1. The summed E-state index contributed by atoms with van der Waals surface area (Å²) in [7, 11) is 0. The summed E-state index contributed by atoms with van der Waals surface area (Å²) in [6, 6.07) is 12.7. The number of nitrogens with zero attached hydrogens (tertiary/aromatic N) is 1. The van der Waals surface area contributed by atoms with Crippen molar-refractivity contribution >= 4 is 58.0 Å². The maximum atomic E-state index is 12.4. The molecule has 2 N–H and O–H groups in total. The van der Waals surface area contributed by atoms with Crippen molar-refractivity contribution in [3.63, 3.8) is 0 Å². The van der Waals surface area contributed by atoms with Gasteiger partial charge in [0.2, 0.25) is 0 Å². The smallest absolute Gasteiger partial charge is 0.256 e. The lowest BCUT2D eigenvalue weighted by molar-refractivity contribution is 0.102. The number of carbonyl (C=O) groups excluding carboxylic acids is 1.